The molecule has 6 aromatic heterocycles. The number of fused-ring (bicyclic) bond motifs is 4. The van der Waals surface area contributed by atoms with Gasteiger partial charge in [0, 0.05) is 73.9 Å². The number of nitrogens with zero attached hydrogens (tertiary/aromatic N) is 7. The minimum absolute atomic E-state index is 0.0949. The predicted molar refractivity (Wildman–Crippen MR) is 344 cm³/mol. The number of hydrogen-bond acceptors (Lipinski definition) is 13. The molecule has 0 atom stereocenters. The van der Waals surface area contributed by atoms with Crippen LogP contribution in [0.5, 0.6) is 11.5 Å². The molecule has 1 fully saturated rings. The lowest BCUT2D eigenvalue weighted by Crippen LogP contribution is -2.47. The van der Waals surface area contributed by atoms with Gasteiger partial charge in [0.2, 0.25) is 11.6 Å². The SMILES string of the molecule is Cc1c(-c2ccc(OCCCCCN(CCCCCOc3ccc(-c4c(C)c(C(=O)c5ccc6c(=O)n(CC(=O)O)c(=O)[nH]c6c5)n5ccccc45)cc3)CCN3CCN(C)CC3)cc2)c2ccccn2c1C(=O)c1ccc2c(=O)n(CC(=O)O)c(=O)[nH]c2c1. The van der Waals surface area contributed by atoms with Crippen LogP contribution in [-0.2, 0) is 22.7 Å². The first kappa shape index (κ1) is 61.7. The summed E-state index contributed by atoms with van der Waals surface area (Å²) in [6, 6.07) is 36.1. The van der Waals surface area contributed by atoms with Crippen molar-refractivity contribution in [3.05, 3.63) is 209 Å². The molecule has 0 spiro atoms. The van der Waals surface area contributed by atoms with Crippen molar-refractivity contribution in [3.8, 4) is 33.8 Å². The molecule has 1 aliphatic rings. The molecule has 0 amide bonds. The predicted octanol–water partition coefficient (Wildman–Crippen LogP) is 8.13. The highest BCUT2D eigenvalue weighted by molar-refractivity contribution is 6.14. The van der Waals surface area contributed by atoms with Gasteiger partial charge in [-0.3, -0.25) is 33.7 Å². The van der Waals surface area contributed by atoms with Crippen LogP contribution in [0.15, 0.2) is 153 Å². The van der Waals surface area contributed by atoms with E-state index in [4.69, 9.17) is 9.47 Å². The Morgan fingerprint density at radius 2 is 0.956 bits per heavy atom. The molecular weight excluding hydrogens is 1150 g/mol. The molecule has 0 radical (unpaired) electrons. The summed E-state index contributed by atoms with van der Waals surface area (Å²) in [7, 11) is 2.18. The van der Waals surface area contributed by atoms with Crippen molar-refractivity contribution in [1.82, 2.24) is 42.6 Å². The summed E-state index contributed by atoms with van der Waals surface area (Å²) in [6.07, 6.45) is 9.66. The molecule has 10 aromatic rings. The van der Waals surface area contributed by atoms with Crippen LogP contribution in [0.1, 0.15) is 81.8 Å². The lowest BCUT2D eigenvalue weighted by molar-refractivity contribution is -0.138. The summed E-state index contributed by atoms with van der Waals surface area (Å²) < 4.78 is 17.4. The normalized spacial score (nSPS) is 13.1. The quantitative estimate of drug-likeness (QED) is 0.0280. The number of H-pyrrole nitrogens is 2. The zero-order valence-corrected chi connectivity index (χ0v) is 50.5. The highest BCUT2D eigenvalue weighted by atomic mass is 16.5. The number of carboxylic acid groups (broad SMARTS) is 2. The summed E-state index contributed by atoms with van der Waals surface area (Å²) in [6.45, 7) is 11.8. The number of hydrogen-bond donors (Lipinski definition) is 4. The van der Waals surface area contributed by atoms with Crippen LogP contribution in [0.4, 0.5) is 0 Å². The number of aromatic nitrogens is 6. The van der Waals surface area contributed by atoms with Crippen molar-refractivity contribution in [3.63, 3.8) is 0 Å². The zero-order chi connectivity index (χ0) is 63.2. The maximum absolute atomic E-state index is 14.3. The van der Waals surface area contributed by atoms with E-state index in [0.717, 1.165) is 147 Å². The van der Waals surface area contributed by atoms with Crippen LogP contribution in [0.25, 0.3) is 55.1 Å². The molecule has 11 rings (SSSR count). The molecule has 0 saturated carbocycles. The van der Waals surface area contributed by atoms with Crippen molar-refractivity contribution < 1.29 is 38.9 Å². The Kier molecular flexibility index (Phi) is 18.6. The highest BCUT2D eigenvalue weighted by Crippen LogP contribution is 2.37. The van der Waals surface area contributed by atoms with Crippen LogP contribution >= 0.6 is 0 Å². The molecule has 4 aromatic carbocycles. The molecule has 0 unspecified atom stereocenters. The molecule has 21 heteroatoms. The molecule has 464 valence electrons. The summed E-state index contributed by atoms with van der Waals surface area (Å²) in [5, 5.41) is 18.6. The van der Waals surface area contributed by atoms with E-state index in [2.05, 4.69) is 31.7 Å². The number of carboxylic acids is 2. The van der Waals surface area contributed by atoms with Gasteiger partial charge < -0.3 is 48.3 Å². The van der Waals surface area contributed by atoms with Gasteiger partial charge in [0.1, 0.15) is 24.6 Å². The fourth-order valence-electron chi connectivity index (χ4n) is 12.3. The topological polar surface area (TPSA) is 255 Å². The Morgan fingerprint density at radius 3 is 1.38 bits per heavy atom. The molecule has 0 aliphatic carbocycles. The average molecular weight is 1220 g/mol. The second kappa shape index (κ2) is 27.2. The second-order valence-corrected chi connectivity index (χ2v) is 23.1. The number of benzene rings is 4. The van der Waals surface area contributed by atoms with Crippen molar-refractivity contribution in [2.45, 2.75) is 65.5 Å². The van der Waals surface area contributed by atoms with Gasteiger partial charge in [-0.2, -0.15) is 0 Å². The largest absolute Gasteiger partial charge is 0.494 e. The number of aromatic amines is 2. The van der Waals surface area contributed by atoms with Crippen LogP contribution in [0.3, 0.4) is 0 Å². The van der Waals surface area contributed by atoms with Gasteiger partial charge in [-0.1, -0.05) is 48.5 Å². The van der Waals surface area contributed by atoms with Crippen molar-refractivity contribution in [2.75, 3.05) is 72.6 Å². The summed E-state index contributed by atoms with van der Waals surface area (Å²) in [5.41, 5.74) is 5.20. The monoisotopic (exact) mass is 1220 g/mol. The lowest BCUT2D eigenvalue weighted by atomic mass is 9.98. The van der Waals surface area contributed by atoms with Gasteiger partial charge in [0.25, 0.3) is 11.1 Å². The number of rotatable bonds is 27. The van der Waals surface area contributed by atoms with E-state index in [-0.39, 0.29) is 44.5 Å². The number of ether oxygens (including phenoxy) is 2. The maximum Gasteiger partial charge on any atom is 0.329 e. The van der Waals surface area contributed by atoms with Gasteiger partial charge >= 0.3 is 23.3 Å². The molecular formula is C69H71N9O12. The fraction of sp³-hybridized carbons (Fsp3) is 0.304. The minimum atomic E-state index is -1.32. The van der Waals surface area contributed by atoms with E-state index < -0.39 is 47.5 Å². The van der Waals surface area contributed by atoms with Gasteiger partial charge in [-0.15, -0.1) is 0 Å². The number of unbranched alkanes of at least 4 members (excludes halogenated alkanes) is 4. The van der Waals surface area contributed by atoms with Crippen molar-refractivity contribution in [2.24, 2.45) is 0 Å². The maximum atomic E-state index is 14.3. The average Bonchev–Trinajstić information content (AvgIpc) is 1.54. The van der Waals surface area contributed by atoms with Crippen LogP contribution in [0.2, 0.25) is 0 Å². The molecule has 21 nitrogen and oxygen atoms in total. The Morgan fingerprint density at radius 1 is 0.522 bits per heavy atom. The van der Waals surface area contributed by atoms with Gasteiger partial charge in [0.15, 0.2) is 0 Å². The molecule has 1 aliphatic heterocycles. The number of carbonyl (C=O) groups excluding carboxylic acids is 2. The molecule has 0 bridgehead atoms. The van der Waals surface area contributed by atoms with Gasteiger partial charge in [0.05, 0.1) is 57.4 Å². The number of likely N-dealkylation sites (N-methyl/N-ethyl adjacent to an activating group) is 1. The second-order valence-electron chi connectivity index (χ2n) is 23.1. The number of carbonyl (C=O) groups is 4. The van der Waals surface area contributed by atoms with Crippen molar-refractivity contribution in [1.29, 1.82) is 0 Å². The van der Waals surface area contributed by atoms with E-state index in [1.165, 1.54) is 36.4 Å². The van der Waals surface area contributed by atoms with Gasteiger partial charge in [-0.05, 0) is 168 Å². The number of pyridine rings is 2. The van der Waals surface area contributed by atoms with Crippen LogP contribution < -0.4 is 32.0 Å². The lowest BCUT2D eigenvalue weighted by Gasteiger charge is -2.34. The van der Waals surface area contributed by atoms with E-state index in [1.54, 1.807) is 0 Å². The number of piperazine rings is 1. The molecule has 90 heavy (non-hydrogen) atoms. The number of aliphatic carboxylic acids is 2. The summed E-state index contributed by atoms with van der Waals surface area (Å²) >= 11 is 0. The number of nitrogens with one attached hydrogen (secondary N) is 2. The highest BCUT2D eigenvalue weighted by Gasteiger charge is 2.26. The number of ketones is 2. The smallest absolute Gasteiger partial charge is 0.329 e. The molecule has 1 saturated heterocycles. The minimum Gasteiger partial charge on any atom is -0.494 e. The fourth-order valence-corrected chi connectivity index (χ4v) is 12.3. The third-order valence-corrected chi connectivity index (χ3v) is 17.1. The summed E-state index contributed by atoms with van der Waals surface area (Å²) in [4.78, 5) is 115. The Hall–Kier alpha value is -9.96. The van der Waals surface area contributed by atoms with Crippen molar-refractivity contribution >= 4 is 56.3 Å². The first-order valence-corrected chi connectivity index (χ1v) is 30.4. The molecule has 4 N–H and O–H groups in total. The first-order valence-electron chi connectivity index (χ1n) is 30.4. The van der Waals surface area contributed by atoms with Crippen LogP contribution in [-0.4, -0.2) is 149 Å². The van der Waals surface area contributed by atoms with E-state index in [1.807, 2.05) is 120 Å². The first-order chi connectivity index (χ1) is 43.5. The van der Waals surface area contributed by atoms with Gasteiger partial charge in [-0.25, -0.2) is 18.7 Å². The molecule has 7 heterocycles. The van der Waals surface area contributed by atoms with Crippen LogP contribution in [0, 0.1) is 13.8 Å². The van der Waals surface area contributed by atoms with E-state index >= 15 is 0 Å². The zero-order valence-electron chi connectivity index (χ0n) is 50.5. The van der Waals surface area contributed by atoms with E-state index in [9.17, 15) is 48.6 Å². The Balaban J connectivity index is 0.659. The Labute approximate surface area is 516 Å². The third-order valence-electron chi connectivity index (χ3n) is 17.1. The standard InChI is InChI=1S/C69H71N9O12/c1-44-60(56-14-6-10-30-75(56)62(44)64(83)48-20-26-52-54(40-48)70-68(87)77(66(52)85)42-58(79)80)46-16-22-50(23-17-46)89-38-12-4-8-28-73(36-37-74-34-32-72(3)33-35-74)29-9-5-13-39-90-51-24-18-47(19-25-51)61-45(2)63(76-31-11-7-15-57(61)76)65(84)49-21-27-53-55(41-49)71-69(88)78(67(53)86)43-59(81)82/h6-7,10-11,14-27,30-31,40-41H,4-5,8-9,12-13,28-29,32-39,42-43H2,1-3H3,(H,70,87)(H,71,88)(H,79,80)(H,81,82). The Bertz CT molecular complexity index is 4320. The van der Waals surface area contributed by atoms with E-state index in [0.29, 0.717) is 33.7 Å². The summed E-state index contributed by atoms with van der Waals surface area (Å²) in [5.74, 6) is -1.75. The third kappa shape index (κ3) is 13.2.